The number of nitrogens with zero attached hydrogens (tertiary/aromatic N) is 2. The molecule has 0 saturated carbocycles. The van der Waals surface area contributed by atoms with E-state index in [1.165, 1.54) is 17.7 Å². The van der Waals surface area contributed by atoms with E-state index >= 15 is 0 Å². The van der Waals surface area contributed by atoms with Gasteiger partial charge in [-0.05, 0) is 0 Å². The van der Waals surface area contributed by atoms with Crippen molar-refractivity contribution < 1.29 is 5.11 Å². The number of hydrogen-bond donors (Lipinski definition) is 1. The van der Waals surface area contributed by atoms with Gasteiger partial charge >= 0.3 is 0 Å². The second-order valence-electron chi connectivity index (χ2n) is 1.86. The topological polar surface area (TPSA) is 46.0 Å². The summed E-state index contributed by atoms with van der Waals surface area (Å²) in [4.78, 5) is 7.70. The molecule has 2 heterocycles. The first-order chi connectivity index (χ1) is 4.88. The predicted molar refractivity (Wildman–Crippen MR) is 39.1 cm³/mol. The number of hydrogen-bond acceptors (Lipinski definition) is 4. The van der Waals surface area contributed by atoms with Crippen LogP contribution in [0, 0.1) is 0 Å². The van der Waals surface area contributed by atoms with Gasteiger partial charge in [0.1, 0.15) is 11.8 Å². The molecule has 0 amide bonds. The number of aromatic nitrogens is 2. The highest BCUT2D eigenvalue weighted by Gasteiger charge is 2.00. The van der Waals surface area contributed by atoms with Crippen molar-refractivity contribution in [3.8, 4) is 5.75 Å². The van der Waals surface area contributed by atoms with Crippen molar-refractivity contribution in [2.24, 2.45) is 0 Å². The van der Waals surface area contributed by atoms with Crippen molar-refractivity contribution in [1.29, 1.82) is 0 Å². The summed E-state index contributed by atoms with van der Waals surface area (Å²) in [6.07, 6.45) is 3.11. The van der Waals surface area contributed by atoms with Gasteiger partial charge in [0.05, 0.1) is 4.70 Å². The zero-order valence-electron chi connectivity index (χ0n) is 4.98. The fraction of sp³-hybridized carbons (Fsp3) is 0. The molecule has 0 fully saturated rings. The zero-order valence-corrected chi connectivity index (χ0v) is 5.80. The van der Waals surface area contributed by atoms with E-state index in [1.54, 1.807) is 11.6 Å². The molecule has 4 heteroatoms. The number of aromatic hydroxyl groups is 1. The maximum Gasteiger partial charge on any atom is 0.152 e. The van der Waals surface area contributed by atoms with Gasteiger partial charge in [0, 0.05) is 11.6 Å². The number of fused-ring (bicyclic) bond motifs is 1. The van der Waals surface area contributed by atoms with Crippen LogP contribution in [0.3, 0.4) is 0 Å². The molecule has 50 valence electrons. The van der Waals surface area contributed by atoms with Crippen molar-refractivity contribution in [3.63, 3.8) is 0 Å². The Morgan fingerprint density at radius 3 is 3.20 bits per heavy atom. The monoisotopic (exact) mass is 152 g/mol. The second-order valence-corrected chi connectivity index (χ2v) is 2.77. The lowest BCUT2D eigenvalue weighted by molar-refractivity contribution is 0.482. The highest BCUT2D eigenvalue weighted by molar-refractivity contribution is 7.17. The van der Waals surface area contributed by atoms with E-state index in [2.05, 4.69) is 9.97 Å². The average molecular weight is 152 g/mol. The molecule has 2 aromatic heterocycles. The van der Waals surface area contributed by atoms with Crippen molar-refractivity contribution in [3.05, 3.63) is 17.9 Å². The van der Waals surface area contributed by atoms with Crippen molar-refractivity contribution in [2.45, 2.75) is 0 Å². The summed E-state index contributed by atoms with van der Waals surface area (Å²) in [7, 11) is 0. The van der Waals surface area contributed by atoms with Gasteiger partial charge in [0.25, 0.3) is 0 Å². The molecular weight excluding hydrogens is 148 g/mol. The van der Waals surface area contributed by atoms with Gasteiger partial charge in [0.2, 0.25) is 0 Å². The predicted octanol–water partition coefficient (Wildman–Crippen LogP) is 1.40. The third-order valence-corrected chi connectivity index (χ3v) is 2.11. The van der Waals surface area contributed by atoms with Gasteiger partial charge < -0.3 is 5.11 Å². The first kappa shape index (κ1) is 5.61. The molecule has 0 atom stereocenters. The molecule has 2 aromatic rings. The fourth-order valence-electron chi connectivity index (χ4n) is 0.771. The van der Waals surface area contributed by atoms with Crippen LogP contribution in [0.5, 0.6) is 5.75 Å². The Kier molecular flexibility index (Phi) is 1.07. The van der Waals surface area contributed by atoms with Gasteiger partial charge in [-0.15, -0.1) is 11.3 Å². The standard InChI is InChI=1S/C6H4N2OS/c9-4-2-10-5-1-7-3-8-6(4)5/h1-3,9H. The number of rotatable bonds is 0. The Hall–Kier alpha value is -1.16. The molecule has 3 nitrogen and oxygen atoms in total. The van der Waals surface area contributed by atoms with E-state index in [-0.39, 0.29) is 5.75 Å². The molecule has 0 radical (unpaired) electrons. The Morgan fingerprint density at radius 1 is 1.50 bits per heavy atom. The average Bonchev–Trinajstić information content (AvgIpc) is 2.34. The first-order valence-electron chi connectivity index (χ1n) is 2.74. The van der Waals surface area contributed by atoms with Crippen LogP contribution in [0.15, 0.2) is 17.9 Å². The SMILES string of the molecule is Oc1csc2cncnc12. The Labute approximate surface area is 61.0 Å². The minimum Gasteiger partial charge on any atom is -0.505 e. The van der Waals surface area contributed by atoms with Gasteiger partial charge in [0.15, 0.2) is 5.75 Å². The largest absolute Gasteiger partial charge is 0.505 e. The molecule has 0 unspecified atom stereocenters. The van der Waals surface area contributed by atoms with E-state index in [1.807, 2.05) is 0 Å². The molecule has 0 aliphatic heterocycles. The lowest BCUT2D eigenvalue weighted by Gasteiger charge is -1.84. The van der Waals surface area contributed by atoms with Crippen LogP contribution < -0.4 is 0 Å². The second kappa shape index (κ2) is 1.91. The van der Waals surface area contributed by atoms with E-state index in [0.717, 1.165) is 4.70 Å². The summed E-state index contributed by atoms with van der Waals surface area (Å²) in [5, 5.41) is 10.8. The number of thiophene rings is 1. The molecule has 0 aliphatic carbocycles. The van der Waals surface area contributed by atoms with Crippen molar-refractivity contribution >= 4 is 21.6 Å². The van der Waals surface area contributed by atoms with Gasteiger partial charge in [-0.1, -0.05) is 0 Å². The Bertz CT molecular complexity index is 357. The zero-order chi connectivity index (χ0) is 6.97. The molecule has 0 bridgehead atoms. The van der Waals surface area contributed by atoms with Gasteiger partial charge in [-0.25, -0.2) is 9.97 Å². The van der Waals surface area contributed by atoms with Crippen LogP contribution in [-0.4, -0.2) is 15.1 Å². The Morgan fingerprint density at radius 2 is 2.40 bits per heavy atom. The fourth-order valence-corrected chi connectivity index (χ4v) is 1.51. The molecule has 0 saturated heterocycles. The van der Waals surface area contributed by atoms with Gasteiger partial charge in [-0.3, -0.25) is 0 Å². The van der Waals surface area contributed by atoms with E-state index in [0.29, 0.717) is 5.52 Å². The minimum atomic E-state index is 0.238. The van der Waals surface area contributed by atoms with Gasteiger partial charge in [-0.2, -0.15) is 0 Å². The molecule has 0 spiro atoms. The highest BCUT2D eigenvalue weighted by Crippen LogP contribution is 2.27. The molecule has 0 aliphatic rings. The van der Waals surface area contributed by atoms with Crippen LogP contribution in [0.2, 0.25) is 0 Å². The summed E-state index contributed by atoms with van der Waals surface area (Å²) < 4.78 is 0.917. The van der Waals surface area contributed by atoms with E-state index in [4.69, 9.17) is 5.11 Å². The van der Waals surface area contributed by atoms with Crippen molar-refractivity contribution in [1.82, 2.24) is 9.97 Å². The molecule has 1 N–H and O–H groups in total. The van der Waals surface area contributed by atoms with Crippen LogP contribution >= 0.6 is 11.3 Å². The molecule has 10 heavy (non-hydrogen) atoms. The smallest absolute Gasteiger partial charge is 0.152 e. The summed E-state index contributed by atoms with van der Waals surface area (Å²) in [5.41, 5.74) is 0.639. The molecule has 2 rings (SSSR count). The maximum atomic E-state index is 9.13. The quantitative estimate of drug-likeness (QED) is 0.620. The normalized spacial score (nSPS) is 10.4. The van der Waals surface area contributed by atoms with Crippen LogP contribution in [0.1, 0.15) is 0 Å². The molecular formula is C6H4N2OS. The lowest BCUT2D eigenvalue weighted by atomic mass is 10.4. The summed E-state index contributed by atoms with van der Waals surface area (Å²) in [6.45, 7) is 0. The van der Waals surface area contributed by atoms with E-state index in [9.17, 15) is 0 Å². The van der Waals surface area contributed by atoms with E-state index < -0.39 is 0 Å². The summed E-state index contributed by atoms with van der Waals surface area (Å²) in [5.74, 6) is 0.238. The van der Waals surface area contributed by atoms with Crippen LogP contribution in [0.4, 0.5) is 0 Å². The molecule has 0 aromatic carbocycles. The summed E-state index contributed by atoms with van der Waals surface area (Å²) in [6, 6.07) is 0. The summed E-state index contributed by atoms with van der Waals surface area (Å²) >= 11 is 1.44. The maximum absolute atomic E-state index is 9.13. The minimum absolute atomic E-state index is 0.238. The Balaban J connectivity index is 2.93. The van der Waals surface area contributed by atoms with Crippen LogP contribution in [0.25, 0.3) is 10.2 Å². The lowest BCUT2D eigenvalue weighted by Crippen LogP contribution is -1.73. The first-order valence-corrected chi connectivity index (χ1v) is 3.62. The third-order valence-electron chi connectivity index (χ3n) is 1.22. The third kappa shape index (κ3) is 0.657. The van der Waals surface area contributed by atoms with Crippen molar-refractivity contribution in [2.75, 3.05) is 0 Å². The van der Waals surface area contributed by atoms with Crippen LogP contribution in [-0.2, 0) is 0 Å². The highest BCUT2D eigenvalue weighted by atomic mass is 32.1.